The van der Waals surface area contributed by atoms with Crippen LogP contribution in [0.4, 0.5) is 0 Å². The van der Waals surface area contributed by atoms with Crippen LogP contribution in [0.25, 0.3) is 0 Å². The molecule has 0 fully saturated rings. The van der Waals surface area contributed by atoms with E-state index in [2.05, 4.69) is 10.1 Å². The molecule has 0 bridgehead atoms. The van der Waals surface area contributed by atoms with Crippen molar-refractivity contribution in [3.8, 4) is 0 Å². The number of ketones is 1. The number of benzene rings is 1. The molecule has 0 heterocycles. The van der Waals surface area contributed by atoms with E-state index in [1.807, 2.05) is 0 Å². The average Bonchev–Trinajstić information content (AvgIpc) is 2.83. The maximum Gasteiger partial charge on any atom is 0.379 e. The van der Waals surface area contributed by atoms with Crippen molar-refractivity contribution in [1.29, 1.82) is 0 Å². The summed E-state index contributed by atoms with van der Waals surface area (Å²) in [5.74, 6) is -3.16. The number of carboxylic acids is 1. The van der Waals surface area contributed by atoms with Crippen molar-refractivity contribution in [3.63, 3.8) is 0 Å². The highest BCUT2D eigenvalue weighted by Crippen LogP contribution is 2.01. The molecule has 1 aromatic rings. The van der Waals surface area contributed by atoms with Crippen LogP contribution in [0.5, 0.6) is 0 Å². The van der Waals surface area contributed by atoms with Crippen molar-refractivity contribution in [2.45, 2.75) is 0 Å². The molecule has 0 aromatic heterocycles. The van der Waals surface area contributed by atoms with Gasteiger partial charge in [0, 0.05) is 12.1 Å². The van der Waals surface area contributed by atoms with Crippen LogP contribution < -0.4 is 5.32 Å². The summed E-state index contributed by atoms with van der Waals surface area (Å²) in [6.45, 7) is 1.96. The smallest absolute Gasteiger partial charge is 0.379 e. The largest absolute Gasteiger partial charge is 0.480 e. The first-order valence-electron chi connectivity index (χ1n) is 10.6. The van der Waals surface area contributed by atoms with Crippen molar-refractivity contribution >= 4 is 23.6 Å². The van der Waals surface area contributed by atoms with Crippen LogP contribution in [0.1, 0.15) is 10.4 Å². The number of aliphatic carboxylic acids is 1. The standard InChI is InChI=1S/C22H31NO11/c24-19(16-33-17-20(25)26)23-6-7-29-8-9-30-10-11-31-12-13-32-14-15-34-22(28)21(27)18-4-2-1-3-5-18/h1-5H,6-17H2,(H,23,24)(H,25,26). The first-order valence-corrected chi connectivity index (χ1v) is 10.6. The highest BCUT2D eigenvalue weighted by atomic mass is 16.6. The predicted molar refractivity (Wildman–Crippen MR) is 116 cm³/mol. The minimum Gasteiger partial charge on any atom is -0.480 e. The Balaban J connectivity index is 1.80. The third-order valence-electron chi connectivity index (χ3n) is 3.83. The van der Waals surface area contributed by atoms with Gasteiger partial charge >= 0.3 is 11.9 Å². The van der Waals surface area contributed by atoms with Crippen LogP contribution >= 0.6 is 0 Å². The first kappa shape index (κ1) is 29.1. The normalized spacial score (nSPS) is 10.6. The second-order valence-corrected chi connectivity index (χ2v) is 6.52. The summed E-state index contributed by atoms with van der Waals surface area (Å²) in [4.78, 5) is 45.0. The topological polar surface area (TPSA) is 156 Å². The lowest BCUT2D eigenvalue weighted by atomic mass is 10.1. The summed E-state index contributed by atoms with van der Waals surface area (Å²) >= 11 is 0. The summed E-state index contributed by atoms with van der Waals surface area (Å²) in [7, 11) is 0. The molecule has 1 aromatic carbocycles. The van der Waals surface area contributed by atoms with Gasteiger partial charge < -0.3 is 38.8 Å². The fourth-order valence-electron chi connectivity index (χ4n) is 2.27. The third-order valence-corrected chi connectivity index (χ3v) is 3.83. The molecule has 0 spiro atoms. The van der Waals surface area contributed by atoms with Gasteiger partial charge in [-0.2, -0.15) is 0 Å². The van der Waals surface area contributed by atoms with E-state index in [0.717, 1.165) is 0 Å². The van der Waals surface area contributed by atoms with E-state index in [1.54, 1.807) is 30.3 Å². The van der Waals surface area contributed by atoms with Gasteiger partial charge in [-0.25, -0.2) is 9.59 Å². The Labute approximate surface area is 197 Å². The van der Waals surface area contributed by atoms with E-state index >= 15 is 0 Å². The first-order chi connectivity index (χ1) is 16.5. The number of hydrogen-bond donors (Lipinski definition) is 2. The molecule has 2 N–H and O–H groups in total. The Hall–Kier alpha value is -2.90. The quantitative estimate of drug-likeness (QED) is 0.102. The monoisotopic (exact) mass is 485 g/mol. The Morgan fingerprint density at radius 3 is 1.76 bits per heavy atom. The van der Waals surface area contributed by atoms with E-state index in [1.165, 1.54) is 0 Å². The van der Waals surface area contributed by atoms with Gasteiger partial charge in [0.15, 0.2) is 0 Å². The number of carbonyl (C=O) groups excluding carboxylic acids is 3. The van der Waals surface area contributed by atoms with Crippen LogP contribution in [0.2, 0.25) is 0 Å². The Morgan fingerprint density at radius 1 is 0.676 bits per heavy atom. The SMILES string of the molecule is O=C(O)COCC(=O)NCCOCCOCCOCCOCCOC(=O)C(=O)c1ccccc1. The minimum atomic E-state index is -1.14. The van der Waals surface area contributed by atoms with Gasteiger partial charge in [0.05, 0.1) is 52.9 Å². The molecule has 0 saturated carbocycles. The highest BCUT2D eigenvalue weighted by Gasteiger charge is 2.17. The third kappa shape index (κ3) is 15.8. The summed E-state index contributed by atoms with van der Waals surface area (Å²) in [5.41, 5.74) is 0.279. The predicted octanol–water partition coefficient (Wildman–Crippen LogP) is -0.304. The molecule has 12 heteroatoms. The van der Waals surface area contributed by atoms with Crippen LogP contribution in [-0.4, -0.2) is 108 Å². The molecule has 0 radical (unpaired) electrons. The van der Waals surface area contributed by atoms with Crippen molar-refractivity contribution in [3.05, 3.63) is 35.9 Å². The number of Topliss-reactive ketones (excluding diaryl/α,β-unsaturated/α-hetero) is 1. The maximum atomic E-state index is 11.8. The summed E-state index contributed by atoms with van der Waals surface area (Å²) in [6.07, 6.45) is 0. The van der Waals surface area contributed by atoms with Crippen LogP contribution in [0, 0.1) is 0 Å². The number of esters is 1. The Morgan fingerprint density at radius 2 is 1.21 bits per heavy atom. The van der Waals surface area contributed by atoms with Gasteiger partial charge in [-0.15, -0.1) is 0 Å². The molecule has 0 unspecified atom stereocenters. The number of ether oxygens (including phenoxy) is 6. The van der Waals surface area contributed by atoms with Crippen molar-refractivity contribution in [1.82, 2.24) is 5.32 Å². The van der Waals surface area contributed by atoms with Crippen LogP contribution in [-0.2, 0) is 42.8 Å². The molecule has 190 valence electrons. The van der Waals surface area contributed by atoms with E-state index < -0.39 is 30.2 Å². The van der Waals surface area contributed by atoms with Crippen LogP contribution in [0.3, 0.4) is 0 Å². The second kappa shape index (κ2) is 19.6. The lowest BCUT2D eigenvalue weighted by Crippen LogP contribution is -2.31. The number of carboxylic acid groups (broad SMARTS) is 1. The summed E-state index contributed by atoms with van der Waals surface area (Å²) < 4.78 is 30.7. The molecular formula is C22H31NO11. The molecule has 12 nitrogen and oxygen atoms in total. The van der Waals surface area contributed by atoms with E-state index in [4.69, 9.17) is 28.8 Å². The van der Waals surface area contributed by atoms with Crippen LogP contribution in [0.15, 0.2) is 30.3 Å². The Bertz CT molecular complexity index is 727. The number of nitrogens with one attached hydrogen (secondary N) is 1. The maximum absolute atomic E-state index is 11.8. The zero-order valence-corrected chi connectivity index (χ0v) is 18.9. The fourth-order valence-corrected chi connectivity index (χ4v) is 2.27. The van der Waals surface area contributed by atoms with Crippen molar-refractivity contribution in [2.24, 2.45) is 0 Å². The molecule has 34 heavy (non-hydrogen) atoms. The molecule has 0 atom stereocenters. The molecule has 0 saturated heterocycles. The van der Waals surface area contributed by atoms with Gasteiger partial charge in [-0.3, -0.25) is 9.59 Å². The molecular weight excluding hydrogens is 454 g/mol. The highest BCUT2D eigenvalue weighted by molar-refractivity contribution is 6.40. The van der Waals surface area contributed by atoms with E-state index in [0.29, 0.717) is 39.6 Å². The molecule has 0 aliphatic rings. The van der Waals surface area contributed by atoms with Gasteiger partial charge in [0.25, 0.3) is 5.78 Å². The average molecular weight is 485 g/mol. The fraction of sp³-hybridized carbons (Fsp3) is 0.545. The number of amides is 1. The lowest BCUT2D eigenvalue weighted by molar-refractivity contribution is -0.143. The number of rotatable bonds is 21. The number of hydrogen-bond acceptors (Lipinski definition) is 10. The van der Waals surface area contributed by atoms with E-state index in [-0.39, 0.29) is 38.5 Å². The van der Waals surface area contributed by atoms with E-state index in [9.17, 15) is 19.2 Å². The zero-order valence-electron chi connectivity index (χ0n) is 18.9. The van der Waals surface area contributed by atoms with Gasteiger partial charge in [-0.05, 0) is 0 Å². The summed E-state index contributed by atoms with van der Waals surface area (Å²) in [5, 5.41) is 10.9. The lowest BCUT2D eigenvalue weighted by Gasteiger charge is -2.08. The number of carbonyl (C=O) groups is 4. The van der Waals surface area contributed by atoms with Gasteiger partial charge in [-0.1, -0.05) is 30.3 Å². The molecule has 1 amide bonds. The van der Waals surface area contributed by atoms with Crippen molar-refractivity contribution in [2.75, 3.05) is 79.2 Å². The summed E-state index contributed by atoms with van der Waals surface area (Å²) in [6, 6.07) is 8.17. The second-order valence-electron chi connectivity index (χ2n) is 6.52. The van der Waals surface area contributed by atoms with Gasteiger partial charge in [0.2, 0.25) is 5.91 Å². The Kier molecular flexibility index (Phi) is 16.8. The minimum absolute atomic E-state index is 0.0251. The molecule has 1 rings (SSSR count). The molecule has 0 aliphatic heterocycles. The zero-order chi connectivity index (χ0) is 24.9. The van der Waals surface area contributed by atoms with Gasteiger partial charge in [0.1, 0.15) is 19.8 Å². The molecule has 0 aliphatic carbocycles. The van der Waals surface area contributed by atoms with Crippen molar-refractivity contribution < 1.29 is 52.7 Å².